The van der Waals surface area contributed by atoms with Crippen molar-refractivity contribution in [3.05, 3.63) is 43.0 Å². The molecule has 1 aliphatic carbocycles. The minimum absolute atomic E-state index is 0.0679. The van der Waals surface area contributed by atoms with Gasteiger partial charge in [0, 0.05) is 44.9 Å². The van der Waals surface area contributed by atoms with Crippen molar-refractivity contribution < 1.29 is 9.47 Å². The predicted molar refractivity (Wildman–Crippen MR) is 99.1 cm³/mol. The van der Waals surface area contributed by atoms with Crippen molar-refractivity contribution in [1.29, 1.82) is 0 Å². The standard InChI is InChI=1S/C20H22N4O2/c1-24-7-2-14(11-24)15-8-17-19(23-6-5-22-17)18(9-15)25-12-16-10-21-13-20(26-16)3-4-20/h2,5-9,11,16,21H,3-4,10,12-13H2,1H3/t16-/m0/s1. The molecule has 1 N–H and O–H groups in total. The van der Waals surface area contributed by atoms with Crippen LogP contribution < -0.4 is 10.1 Å². The average Bonchev–Trinajstić information content (AvgIpc) is 3.25. The Kier molecular flexibility index (Phi) is 3.69. The van der Waals surface area contributed by atoms with Gasteiger partial charge in [0.2, 0.25) is 0 Å². The normalized spacial score (nSPS) is 21.2. The first-order chi connectivity index (χ1) is 12.7. The molecular weight excluding hydrogens is 328 g/mol. The first kappa shape index (κ1) is 15.8. The molecule has 1 spiro atoms. The van der Waals surface area contributed by atoms with E-state index in [9.17, 15) is 0 Å². The van der Waals surface area contributed by atoms with Crippen LogP contribution in [0.25, 0.3) is 22.2 Å². The highest BCUT2D eigenvalue weighted by molar-refractivity contribution is 5.86. The van der Waals surface area contributed by atoms with Crippen molar-refractivity contribution in [2.24, 2.45) is 7.05 Å². The van der Waals surface area contributed by atoms with Gasteiger partial charge in [0.25, 0.3) is 0 Å². The van der Waals surface area contributed by atoms with Gasteiger partial charge in [-0.2, -0.15) is 0 Å². The summed E-state index contributed by atoms with van der Waals surface area (Å²) >= 11 is 0. The number of morpholine rings is 1. The van der Waals surface area contributed by atoms with Gasteiger partial charge in [-0.15, -0.1) is 0 Å². The molecule has 2 aromatic heterocycles. The van der Waals surface area contributed by atoms with Crippen LogP contribution in [0.2, 0.25) is 0 Å². The molecule has 0 amide bonds. The number of rotatable bonds is 4. The Labute approximate surface area is 152 Å². The Bertz CT molecular complexity index is 948. The number of nitrogens with one attached hydrogen (secondary N) is 1. The van der Waals surface area contributed by atoms with Gasteiger partial charge in [0.1, 0.15) is 24.0 Å². The van der Waals surface area contributed by atoms with Crippen LogP contribution in [0, 0.1) is 0 Å². The third-order valence-corrected chi connectivity index (χ3v) is 5.17. The van der Waals surface area contributed by atoms with Crippen LogP contribution in [-0.2, 0) is 11.8 Å². The topological polar surface area (TPSA) is 61.2 Å². The van der Waals surface area contributed by atoms with Gasteiger partial charge in [0.15, 0.2) is 0 Å². The highest BCUT2D eigenvalue weighted by Crippen LogP contribution is 2.41. The largest absolute Gasteiger partial charge is 0.488 e. The van der Waals surface area contributed by atoms with Crippen LogP contribution in [-0.4, -0.2) is 45.9 Å². The lowest BCUT2D eigenvalue weighted by atomic mass is 10.1. The van der Waals surface area contributed by atoms with E-state index in [0.717, 1.165) is 53.8 Å². The zero-order valence-electron chi connectivity index (χ0n) is 14.8. The van der Waals surface area contributed by atoms with Crippen molar-refractivity contribution in [2.45, 2.75) is 24.5 Å². The molecule has 1 aromatic carbocycles. The Morgan fingerprint density at radius 1 is 1.27 bits per heavy atom. The molecule has 6 nitrogen and oxygen atoms in total. The van der Waals surface area contributed by atoms with Crippen molar-refractivity contribution in [2.75, 3.05) is 19.7 Å². The number of hydrogen-bond acceptors (Lipinski definition) is 5. The van der Waals surface area contributed by atoms with E-state index in [0.29, 0.717) is 6.61 Å². The monoisotopic (exact) mass is 350 g/mol. The van der Waals surface area contributed by atoms with Gasteiger partial charge >= 0.3 is 0 Å². The van der Waals surface area contributed by atoms with Crippen LogP contribution in [0.5, 0.6) is 5.75 Å². The Morgan fingerprint density at radius 3 is 2.96 bits per heavy atom. The molecule has 1 atom stereocenters. The zero-order valence-corrected chi connectivity index (χ0v) is 14.8. The second kappa shape index (κ2) is 6.07. The Morgan fingerprint density at radius 2 is 2.15 bits per heavy atom. The summed E-state index contributed by atoms with van der Waals surface area (Å²) < 4.78 is 14.4. The zero-order chi connectivity index (χ0) is 17.6. The van der Waals surface area contributed by atoms with E-state index in [-0.39, 0.29) is 11.7 Å². The molecule has 0 radical (unpaired) electrons. The maximum Gasteiger partial charge on any atom is 0.147 e. The van der Waals surface area contributed by atoms with Crippen LogP contribution >= 0.6 is 0 Å². The molecule has 0 unspecified atom stereocenters. The summed E-state index contributed by atoms with van der Waals surface area (Å²) in [5.74, 6) is 0.758. The van der Waals surface area contributed by atoms with Crippen LogP contribution in [0.3, 0.4) is 0 Å². The van der Waals surface area contributed by atoms with E-state index in [4.69, 9.17) is 9.47 Å². The SMILES string of the molecule is Cn1ccc(-c2cc(OC[C@@H]3CNCC4(CC4)O3)c3nccnc3c2)c1. The molecule has 6 heteroatoms. The van der Waals surface area contributed by atoms with Gasteiger partial charge in [-0.25, -0.2) is 4.98 Å². The number of aryl methyl sites for hydroxylation is 1. The third-order valence-electron chi connectivity index (χ3n) is 5.17. The third kappa shape index (κ3) is 2.95. The molecular formula is C20H22N4O2. The molecule has 3 aromatic rings. The van der Waals surface area contributed by atoms with Crippen molar-refractivity contribution in [3.8, 4) is 16.9 Å². The van der Waals surface area contributed by atoms with E-state index in [2.05, 4.69) is 39.7 Å². The van der Waals surface area contributed by atoms with E-state index in [1.165, 1.54) is 0 Å². The summed E-state index contributed by atoms with van der Waals surface area (Å²) in [5.41, 5.74) is 3.91. The number of ether oxygens (including phenoxy) is 2. The maximum absolute atomic E-state index is 6.21. The molecule has 5 rings (SSSR count). The van der Waals surface area contributed by atoms with Gasteiger partial charge in [-0.3, -0.25) is 4.98 Å². The highest BCUT2D eigenvalue weighted by atomic mass is 16.6. The number of aromatic nitrogens is 3. The maximum atomic E-state index is 6.21. The van der Waals surface area contributed by atoms with Gasteiger partial charge < -0.3 is 19.4 Å². The second-order valence-electron chi connectivity index (χ2n) is 7.33. The van der Waals surface area contributed by atoms with E-state index >= 15 is 0 Å². The minimum Gasteiger partial charge on any atom is -0.488 e. The molecule has 1 saturated carbocycles. The molecule has 3 heterocycles. The summed E-state index contributed by atoms with van der Waals surface area (Å²) in [7, 11) is 2.02. The van der Waals surface area contributed by atoms with Crippen LogP contribution in [0.15, 0.2) is 43.0 Å². The van der Waals surface area contributed by atoms with Crippen molar-refractivity contribution >= 4 is 11.0 Å². The summed E-state index contributed by atoms with van der Waals surface area (Å²) in [6, 6.07) is 6.20. The molecule has 1 aliphatic heterocycles. The number of nitrogens with zero attached hydrogens (tertiary/aromatic N) is 3. The number of fused-ring (bicyclic) bond motifs is 1. The highest BCUT2D eigenvalue weighted by Gasteiger charge is 2.47. The number of benzene rings is 1. The fraction of sp³-hybridized carbons (Fsp3) is 0.400. The lowest BCUT2D eigenvalue weighted by Gasteiger charge is -2.31. The number of hydrogen-bond donors (Lipinski definition) is 1. The smallest absolute Gasteiger partial charge is 0.147 e. The summed E-state index contributed by atoms with van der Waals surface area (Å²) in [5, 5.41) is 3.47. The van der Waals surface area contributed by atoms with Crippen LogP contribution in [0.1, 0.15) is 12.8 Å². The Balaban J connectivity index is 1.43. The van der Waals surface area contributed by atoms with E-state index in [1.54, 1.807) is 12.4 Å². The lowest BCUT2D eigenvalue weighted by Crippen LogP contribution is -2.48. The lowest BCUT2D eigenvalue weighted by molar-refractivity contribution is -0.0711. The molecule has 1 saturated heterocycles. The fourth-order valence-corrected chi connectivity index (χ4v) is 3.60. The molecule has 2 aliphatic rings. The predicted octanol–water partition coefficient (Wildman–Crippen LogP) is 2.54. The van der Waals surface area contributed by atoms with Gasteiger partial charge in [-0.05, 0) is 42.2 Å². The molecule has 0 bridgehead atoms. The first-order valence-corrected chi connectivity index (χ1v) is 9.09. The minimum atomic E-state index is 0.0679. The second-order valence-corrected chi connectivity index (χ2v) is 7.33. The summed E-state index contributed by atoms with van der Waals surface area (Å²) in [4.78, 5) is 8.95. The summed E-state index contributed by atoms with van der Waals surface area (Å²) in [6.45, 7) is 2.30. The molecule has 134 valence electrons. The Hall–Kier alpha value is -2.44. The van der Waals surface area contributed by atoms with Gasteiger partial charge in [0.05, 0.1) is 11.1 Å². The van der Waals surface area contributed by atoms with E-state index in [1.807, 2.05) is 17.8 Å². The van der Waals surface area contributed by atoms with Crippen molar-refractivity contribution in [1.82, 2.24) is 19.9 Å². The van der Waals surface area contributed by atoms with E-state index < -0.39 is 0 Å². The van der Waals surface area contributed by atoms with Gasteiger partial charge in [-0.1, -0.05) is 0 Å². The average molecular weight is 350 g/mol. The van der Waals surface area contributed by atoms with Crippen molar-refractivity contribution in [3.63, 3.8) is 0 Å². The molecule has 26 heavy (non-hydrogen) atoms. The van der Waals surface area contributed by atoms with Crippen LogP contribution in [0.4, 0.5) is 0 Å². The first-order valence-electron chi connectivity index (χ1n) is 9.09. The quantitative estimate of drug-likeness (QED) is 0.783. The molecule has 2 fully saturated rings. The summed E-state index contributed by atoms with van der Waals surface area (Å²) in [6.07, 6.45) is 9.90. The fourth-order valence-electron chi connectivity index (χ4n) is 3.60.